The molecule has 8 unspecified atom stereocenters. The molecule has 3 fully saturated rings. The largest absolute Gasteiger partial charge is 0.459 e. The van der Waals surface area contributed by atoms with Gasteiger partial charge in [-0.15, -0.1) is 0 Å². The van der Waals surface area contributed by atoms with E-state index in [1.807, 2.05) is 36.4 Å². The molecule has 1 aromatic rings. The fourth-order valence-electron chi connectivity index (χ4n) is 9.68. The van der Waals surface area contributed by atoms with Crippen molar-refractivity contribution in [3.8, 4) is 0 Å². The summed E-state index contributed by atoms with van der Waals surface area (Å²) < 4.78 is 5.95. The van der Waals surface area contributed by atoms with Gasteiger partial charge in [-0.25, -0.2) is 4.79 Å². The standard InChI is InChI=1S/C36H52O2/c1-25(2)10-9-11-26(3)31-17-18-32-30-16-15-28-24-29(38-34(37)19-14-27-12-7-6-8-13-27)20-22-35(28,4)33(30)21-23-36(31,32)5/h6-8,12-15,19,25-26,29-33H,9-11,16-18,20-24H2,1-5H3. The predicted molar refractivity (Wildman–Crippen MR) is 158 cm³/mol. The van der Waals surface area contributed by atoms with Crippen molar-refractivity contribution in [3.63, 3.8) is 0 Å². The normalized spacial score (nSPS) is 37.3. The predicted octanol–water partition coefficient (Wildman–Crippen LogP) is 9.65. The summed E-state index contributed by atoms with van der Waals surface area (Å²) in [4.78, 5) is 12.6. The molecule has 0 amide bonds. The molecule has 2 nitrogen and oxygen atoms in total. The Hall–Kier alpha value is -1.83. The van der Waals surface area contributed by atoms with E-state index in [2.05, 4.69) is 40.7 Å². The van der Waals surface area contributed by atoms with Crippen molar-refractivity contribution in [1.29, 1.82) is 0 Å². The number of hydrogen-bond acceptors (Lipinski definition) is 2. The number of ether oxygens (including phenoxy) is 1. The van der Waals surface area contributed by atoms with Crippen LogP contribution in [0.1, 0.15) is 111 Å². The molecule has 38 heavy (non-hydrogen) atoms. The first-order valence-corrected chi connectivity index (χ1v) is 15.8. The molecule has 0 heterocycles. The number of benzene rings is 1. The second-order valence-electron chi connectivity index (χ2n) is 14.3. The van der Waals surface area contributed by atoms with Crippen LogP contribution in [0.2, 0.25) is 0 Å². The molecule has 4 aliphatic rings. The van der Waals surface area contributed by atoms with Gasteiger partial charge in [0.05, 0.1) is 0 Å². The molecule has 0 bridgehead atoms. The van der Waals surface area contributed by atoms with Crippen LogP contribution >= 0.6 is 0 Å². The van der Waals surface area contributed by atoms with E-state index in [0.29, 0.717) is 10.8 Å². The first kappa shape index (κ1) is 27.7. The lowest BCUT2D eigenvalue weighted by Gasteiger charge is -2.58. The molecule has 0 aromatic heterocycles. The maximum Gasteiger partial charge on any atom is 0.331 e. The molecule has 8 atom stereocenters. The van der Waals surface area contributed by atoms with Crippen LogP contribution in [-0.4, -0.2) is 12.1 Å². The Bertz CT molecular complexity index is 1020. The molecule has 3 saturated carbocycles. The lowest BCUT2D eigenvalue weighted by molar-refractivity contribution is -0.145. The van der Waals surface area contributed by atoms with Gasteiger partial charge < -0.3 is 4.74 Å². The number of hydrogen-bond donors (Lipinski definition) is 0. The van der Waals surface area contributed by atoms with Gasteiger partial charge in [-0.3, -0.25) is 0 Å². The minimum absolute atomic E-state index is 0.0233. The summed E-state index contributed by atoms with van der Waals surface area (Å²) >= 11 is 0. The molecular weight excluding hydrogens is 464 g/mol. The summed E-state index contributed by atoms with van der Waals surface area (Å²) in [5.41, 5.74) is 3.46. The Labute approximate surface area is 232 Å². The number of carbonyl (C=O) groups excluding carboxylic acids is 1. The number of allylic oxidation sites excluding steroid dienone is 1. The van der Waals surface area contributed by atoms with Gasteiger partial charge in [0, 0.05) is 12.5 Å². The van der Waals surface area contributed by atoms with Crippen LogP contribution in [0.15, 0.2) is 48.1 Å². The second-order valence-corrected chi connectivity index (χ2v) is 14.3. The van der Waals surface area contributed by atoms with Gasteiger partial charge in [0.1, 0.15) is 6.10 Å². The highest BCUT2D eigenvalue weighted by molar-refractivity contribution is 5.87. The van der Waals surface area contributed by atoms with E-state index < -0.39 is 0 Å². The molecule has 0 radical (unpaired) electrons. The molecule has 0 saturated heterocycles. The van der Waals surface area contributed by atoms with Gasteiger partial charge in [-0.05, 0) is 103 Å². The first-order chi connectivity index (χ1) is 18.2. The van der Waals surface area contributed by atoms with E-state index in [9.17, 15) is 4.79 Å². The lowest BCUT2D eigenvalue weighted by Crippen LogP contribution is -2.51. The average molecular weight is 517 g/mol. The highest BCUT2D eigenvalue weighted by Crippen LogP contribution is 2.67. The molecule has 0 spiro atoms. The summed E-state index contributed by atoms with van der Waals surface area (Å²) in [6, 6.07) is 9.99. The van der Waals surface area contributed by atoms with Gasteiger partial charge in [0.25, 0.3) is 0 Å². The van der Waals surface area contributed by atoms with Gasteiger partial charge in [0.2, 0.25) is 0 Å². The number of rotatable bonds is 8. The quantitative estimate of drug-likeness (QED) is 0.195. The van der Waals surface area contributed by atoms with Crippen LogP contribution in [0.4, 0.5) is 0 Å². The van der Waals surface area contributed by atoms with Crippen LogP contribution in [0.5, 0.6) is 0 Å². The van der Waals surface area contributed by atoms with Crippen LogP contribution in [-0.2, 0) is 9.53 Å². The molecule has 2 heteroatoms. The Morgan fingerprint density at radius 3 is 2.55 bits per heavy atom. The summed E-state index contributed by atoms with van der Waals surface area (Å²) in [6.45, 7) is 12.6. The van der Waals surface area contributed by atoms with Crippen molar-refractivity contribution in [3.05, 3.63) is 53.6 Å². The first-order valence-electron chi connectivity index (χ1n) is 15.8. The van der Waals surface area contributed by atoms with E-state index in [1.54, 1.807) is 11.6 Å². The fraction of sp³-hybridized carbons (Fsp3) is 0.694. The van der Waals surface area contributed by atoms with Crippen molar-refractivity contribution in [2.75, 3.05) is 0 Å². The van der Waals surface area contributed by atoms with Crippen molar-refractivity contribution >= 4 is 12.0 Å². The fourth-order valence-corrected chi connectivity index (χ4v) is 9.68. The summed E-state index contributed by atoms with van der Waals surface area (Å²) in [7, 11) is 0. The molecule has 1 aromatic carbocycles. The van der Waals surface area contributed by atoms with E-state index in [0.717, 1.165) is 53.9 Å². The third kappa shape index (κ3) is 5.44. The van der Waals surface area contributed by atoms with E-state index in [-0.39, 0.29) is 12.1 Å². The summed E-state index contributed by atoms with van der Waals surface area (Å²) in [6.07, 6.45) is 20.3. The Morgan fingerprint density at radius 1 is 1.00 bits per heavy atom. The average Bonchev–Trinajstić information content (AvgIpc) is 3.25. The highest BCUT2D eigenvalue weighted by Gasteiger charge is 2.59. The maximum atomic E-state index is 12.6. The van der Waals surface area contributed by atoms with Crippen LogP contribution in [0.25, 0.3) is 6.08 Å². The highest BCUT2D eigenvalue weighted by atomic mass is 16.5. The van der Waals surface area contributed by atoms with E-state index in [4.69, 9.17) is 4.74 Å². The van der Waals surface area contributed by atoms with Crippen LogP contribution < -0.4 is 0 Å². The third-order valence-electron chi connectivity index (χ3n) is 11.8. The minimum Gasteiger partial charge on any atom is -0.459 e. The second kappa shape index (κ2) is 11.3. The number of esters is 1. The Balaban J connectivity index is 1.22. The molecule has 5 rings (SSSR count). The number of fused-ring (bicyclic) bond motifs is 5. The van der Waals surface area contributed by atoms with Crippen molar-refractivity contribution in [2.24, 2.45) is 46.3 Å². The van der Waals surface area contributed by atoms with Crippen molar-refractivity contribution in [1.82, 2.24) is 0 Å². The molecule has 0 N–H and O–H groups in total. The van der Waals surface area contributed by atoms with E-state index in [1.165, 1.54) is 57.8 Å². The van der Waals surface area contributed by atoms with Gasteiger partial charge in [-0.1, -0.05) is 95.9 Å². The van der Waals surface area contributed by atoms with Crippen LogP contribution in [0.3, 0.4) is 0 Å². The zero-order valence-electron chi connectivity index (χ0n) is 24.8. The van der Waals surface area contributed by atoms with Gasteiger partial charge >= 0.3 is 5.97 Å². The van der Waals surface area contributed by atoms with Crippen molar-refractivity contribution < 1.29 is 9.53 Å². The zero-order chi connectivity index (χ0) is 26.9. The Morgan fingerprint density at radius 2 is 1.79 bits per heavy atom. The van der Waals surface area contributed by atoms with E-state index >= 15 is 0 Å². The topological polar surface area (TPSA) is 26.3 Å². The van der Waals surface area contributed by atoms with Gasteiger partial charge in [-0.2, -0.15) is 0 Å². The lowest BCUT2D eigenvalue weighted by atomic mass is 9.47. The summed E-state index contributed by atoms with van der Waals surface area (Å²) in [5, 5.41) is 0. The number of carbonyl (C=O) groups is 1. The van der Waals surface area contributed by atoms with Crippen molar-refractivity contribution in [2.45, 2.75) is 111 Å². The monoisotopic (exact) mass is 516 g/mol. The minimum atomic E-state index is -0.204. The summed E-state index contributed by atoms with van der Waals surface area (Å²) in [5.74, 6) is 4.97. The smallest absolute Gasteiger partial charge is 0.331 e. The Kier molecular flexibility index (Phi) is 8.28. The SMILES string of the molecule is CC(C)CCCC(C)C1CCC2C3CC=C4CC(OC(=O)C=Cc5ccccc5)CCC4(C)C3CCC12C. The molecular formula is C36H52O2. The molecule has 4 aliphatic carbocycles. The van der Waals surface area contributed by atoms with Gasteiger partial charge in [0.15, 0.2) is 0 Å². The third-order valence-corrected chi connectivity index (χ3v) is 11.8. The molecule has 0 aliphatic heterocycles. The molecule has 208 valence electrons. The van der Waals surface area contributed by atoms with Crippen LogP contribution in [0, 0.1) is 46.3 Å². The zero-order valence-corrected chi connectivity index (χ0v) is 24.8. The maximum absolute atomic E-state index is 12.6.